The number of nitrogens with zero attached hydrogens (tertiary/aromatic N) is 2. The summed E-state index contributed by atoms with van der Waals surface area (Å²) in [5.74, 6) is -0.760. The average Bonchev–Trinajstić information content (AvgIpc) is 2.99. The molecule has 3 aromatic carbocycles. The van der Waals surface area contributed by atoms with E-state index in [9.17, 15) is 18.0 Å². The summed E-state index contributed by atoms with van der Waals surface area (Å²) >= 11 is 12.8. The molecule has 0 bridgehead atoms. The van der Waals surface area contributed by atoms with Gasteiger partial charge in [-0.05, 0) is 61.6 Å². The molecular formula is C32H37Cl2N3O4S. The van der Waals surface area contributed by atoms with Gasteiger partial charge in [0, 0.05) is 12.6 Å². The molecule has 0 aromatic heterocycles. The molecule has 0 aliphatic heterocycles. The van der Waals surface area contributed by atoms with Crippen LogP contribution in [0.4, 0.5) is 5.69 Å². The molecule has 224 valence electrons. The summed E-state index contributed by atoms with van der Waals surface area (Å²) in [5, 5.41) is 3.33. The summed E-state index contributed by atoms with van der Waals surface area (Å²) in [6.07, 6.45) is 5.44. The van der Waals surface area contributed by atoms with Crippen LogP contribution in [0.25, 0.3) is 0 Å². The Morgan fingerprint density at radius 1 is 0.929 bits per heavy atom. The van der Waals surface area contributed by atoms with Crippen LogP contribution in [0.15, 0.2) is 77.7 Å². The van der Waals surface area contributed by atoms with Gasteiger partial charge in [-0.3, -0.25) is 13.9 Å². The first kappa shape index (κ1) is 31.9. The molecule has 0 spiro atoms. The van der Waals surface area contributed by atoms with Gasteiger partial charge >= 0.3 is 0 Å². The van der Waals surface area contributed by atoms with Crippen molar-refractivity contribution in [3.05, 3.63) is 94.0 Å². The van der Waals surface area contributed by atoms with Gasteiger partial charge in [0.1, 0.15) is 12.6 Å². The molecule has 1 saturated carbocycles. The average molecular weight is 631 g/mol. The highest BCUT2D eigenvalue weighted by Crippen LogP contribution is 2.35. The fourth-order valence-electron chi connectivity index (χ4n) is 5.35. The second-order valence-corrected chi connectivity index (χ2v) is 13.3. The Morgan fingerprint density at radius 3 is 2.26 bits per heavy atom. The SMILES string of the molecule is CC[C@H](C(=O)NC1CCCCC1)N(Cc1ccccc1C)C(=O)CN(c1cccc(Cl)c1Cl)S(=O)(=O)c1ccccc1. The Balaban J connectivity index is 1.74. The minimum absolute atomic E-state index is 0.00128. The van der Waals surface area contributed by atoms with Crippen LogP contribution in [0.1, 0.15) is 56.6 Å². The molecule has 4 rings (SSSR count). The highest BCUT2D eigenvalue weighted by Gasteiger charge is 2.35. The second-order valence-electron chi connectivity index (χ2n) is 10.6. The number of hydrogen-bond donors (Lipinski definition) is 1. The van der Waals surface area contributed by atoms with Crippen molar-refractivity contribution in [3.8, 4) is 0 Å². The zero-order valence-electron chi connectivity index (χ0n) is 23.9. The first-order chi connectivity index (χ1) is 20.1. The summed E-state index contributed by atoms with van der Waals surface area (Å²) < 4.78 is 28.9. The van der Waals surface area contributed by atoms with E-state index in [1.54, 1.807) is 30.3 Å². The molecule has 0 unspecified atom stereocenters. The maximum absolute atomic E-state index is 14.3. The number of sulfonamides is 1. The number of amides is 2. The first-order valence-corrected chi connectivity index (χ1v) is 16.5. The van der Waals surface area contributed by atoms with Crippen LogP contribution < -0.4 is 9.62 Å². The Kier molecular flexibility index (Phi) is 10.9. The van der Waals surface area contributed by atoms with E-state index >= 15 is 0 Å². The van der Waals surface area contributed by atoms with Crippen LogP contribution in [0, 0.1) is 6.92 Å². The van der Waals surface area contributed by atoms with E-state index in [0.717, 1.165) is 47.5 Å². The molecule has 3 aromatic rings. The van der Waals surface area contributed by atoms with Crippen molar-refractivity contribution in [2.45, 2.75) is 75.9 Å². The molecule has 0 radical (unpaired) electrons. The van der Waals surface area contributed by atoms with Crippen LogP contribution in [0.5, 0.6) is 0 Å². The van der Waals surface area contributed by atoms with Crippen molar-refractivity contribution in [3.63, 3.8) is 0 Å². The van der Waals surface area contributed by atoms with Gasteiger partial charge in [0.05, 0.1) is 20.6 Å². The lowest BCUT2D eigenvalue weighted by atomic mass is 9.95. The lowest BCUT2D eigenvalue weighted by molar-refractivity contribution is -0.140. The predicted molar refractivity (Wildman–Crippen MR) is 168 cm³/mol. The van der Waals surface area contributed by atoms with Gasteiger partial charge in [0.2, 0.25) is 11.8 Å². The van der Waals surface area contributed by atoms with E-state index in [1.807, 2.05) is 38.1 Å². The summed E-state index contributed by atoms with van der Waals surface area (Å²) in [6, 6.07) is 19.4. The number of rotatable bonds is 11. The number of aryl methyl sites for hydroxylation is 1. The minimum atomic E-state index is -4.24. The number of carbonyl (C=O) groups excluding carboxylic acids is 2. The Bertz CT molecular complexity index is 1490. The van der Waals surface area contributed by atoms with E-state index in [2.05, 4.69) is 5.32 Å². The number of halogens is 2. The predicted octanol–water partition coefficient (Wildman–Crippen LogP) is 6.75. The fourth-order valence-corrected chi connectivity index (χ4v) is 7.25. The molecule has 7 nitrogen and oxygen atoms in total. The van der Waals surface area contributed by atoms with Crippen molar-refractivity contribution in [2.75, 3.05) is 10.8 Å². The molecule has 1 N–H and O–H groups in total. The molecule has 0 saturated heterocycles. The van der Waals surface area contributed by atoms with Gasteiger partial charge in [-0.1, -0.05) is 97.9 Å². The lowest BCUT2D eigenvalue weighted by Crippen LogP contribution is -2.54. The van der Waals surface area contributed by atoms with Crippen molar-refractivity contribution >= 4 is 50.7 Å². The lowest BCUT2D eigenvalue weighted by Gasteiger charge is -2.35. The molecule has 10 heteroatoms. The number of benzene rings is 3. The summed E-state index contributed by atoms with van der Waals surface area (Å²) in [4.78, 5) is 29.4. The monoisotopic (exact) mass is 629 g/mol. The zero-order chi connectivity index (χ0) is 30.3. The first-order valence-electron chi connectivity index (χ1n) is 14.3. The largest absolute Gasteiger partial charge is 0.352 e. The third-order valence-electron chi connectivity index (χ3n) is 7.75. The molecule has 0 heterocycles. The van der Waals surface area contributed by atoms with Crippen molar-refractivity contribution in [1.29, 1.82) is 0 Å². The van der Waals surface area contributed by atoms with E-state index in [1.165, 1.54) is 23.1 Å². The fraction of sp³-hybridized carbons (Fsp3) is 0.375. The second kappa shape index (κ2) is 14.4. The quantitative estimate of drug-likeness (QED) is 0.254. The van der Waals surface area contributed by atoms with Gasteiger partial charge < -0.3 is 10.2 Å². The summed E-state index contributed by atoms with van der Waals surface area (Å²) in [5.41, 5.74) is 1.91. The van der Waals surface area contributed by atoms with E-state index < -0.39 is 28.5 Å². The minimum Gasteiger partial charge on any atom is -0.352 e. The van der Waals surface area contributed by atoms with E-state index in [0.29, 0.717) is 6.42 Å². The normalized spacial score (nSPS) is 14.7. The third-order valence-corrected chi connectivity index (χ3v) is 10.3. The number of nitrogens with one attached hydrogen (secondary N) is 1. The smallest absolute Gasteiger partial charge is 0.264 e. The van der Waals surface area contributed by atoms with Crippen LogP contribution in [0.3, 0.4) is 0 Å². The maximum atomic E-state index is 14.3. The molecular weight excluding hydrogens is 593 g/mol. The zero-order valence-corrected chi connectivity index (χ0v) is 26.3. The third kappa shape index (κ3) is 7.46. The van der Waals surface area contributed by atoms with Crippen molar-refractivity contribution < 1.29 is 18.0 Å². The molecule has 1 aliphatic rings. The van der Waals surface area contributed by atoms with Gasteiger partial charge in [-0.15, -0.1) is 0 Å². The molecule has 1 fully saturated rings. The highest BCUT2D eigenvalue weighted by molar-refractivity contribution is 7.92. The van der Waals surface area contributed by atoms with Crippen molar-refractivity contribution in [2.24, 2.45) is 0 Å². The number of anilines is 1. The van der Waals surface area contributed by atoms with Gasteiger partial charge in [-0.25, -0.2) is 8.42 Å². The maximum Gasteiger partial charge on any atom is 0.264 e. The summed E-state index contributed by atoms with van der Waals surface area (Å²) in [7, 11) is -4.24. The Labute approximate surface area is 258 Å². The number of carbonyl (C=O) groups is 2. The molecule has 1 aliphatic carbocycles. The topological polar surface area (TPSA) is 86.8 Å². The van der Waals surface area contributed by atoms with Crippen LogP contribution >= 0.6 is 23.2 Å². The van der Waals surface area contributed by atoms with E-state index in [-0.39, 0.29) is 39.1 Å². The van der Waals surface area contributed by atoms with Gasteiger partial charge in [0.15, 0.2) is 0 Å². The Morgan fingerprint density at radius 2 is 1.60 bits per heavy atom. The van der Waals surface area contributed by atoms with Crippen molar-refractivity contribution in [1.82, 2.24) is 10.2 Å². The highest BCUT2D eigenvalue weighted by atomic mass is 35.5. The molecule has 42 heavy (non-hydrogen) atoms. The van der Waals surface area contributed by atoms with Crippen LogP contribution in [-0.4, -0.2) is 43.8 Å². The molecule has 2 amide bonds. The van der Waals surface area contributed by atoms with Crippen LogP contribution in [0.2, 0.25) is 10.0 Å². The molecule has 1 atom stereocenters. The van der Waals surface area contributed by atoms with Crippen LogP contribution in [-0.2, 0) is 26.2 Å². The standard InChI is InChI=1S/C32H37Cl2N3O4S/c1-3-28(32(39)35-25-15-6-4-7-16-25)36(21-24-14-11-10-13-23(24)2)30(38)22-37(29-20-12-19-27(33)31(29)34)42(40,41)26-17-8-5-9-18-26/h5,8-14,17-20,25,28H,3-4,6-7,15-16,21-22H2,1-2H3,(H,35,39)/t28-/m1/s1. The van der Waals surface area contributed by atoms with E-state index in [4.69, 9.17) is 23.2 Å². The number of hydrogen-bond acceptors (Lipinski definition) is 4. The van der Waals surface area contributed by atoms with Gasteiger partial charge in [0.25, 0.3) is 10.0 Å². The summed E-state index contributed by atoms with van der Waals surface area (Å²) in [6.45, 7) is 3.37. The van der Waals surface area contributed by atoms with Gasteiger partial charge in [-0.2, -0.15) is 0 Å². The Hall–Kier alpha value is -3.07.